The van der Waals surface area contributed by atoms with Gasteiger partial charge in [-0.05, 0) is 0 Å². The summed E-state index contributed by atoms with van der Waals surface area (Å²) in [4.78, 5) is 19.7. The fraction of sp³-hybridized carbons (Fsp3) is 0.695. The van der Waals surface area contributed by atoms with Gasteiger partial charge in [-0.15, -0.1) is 0 Å². The summed E-state index contributed by atoms with van der Waals surface area (Å²) in [6.45, 7) is 27.9. The summed E-state index contributed by atoms with van der Waals surface area (Å²) in [6, 6.07) is 27.7. The first-order chi connectivity index (χ1) is 30.0. The van der Waals surface area contributed by atoms with Gasteiger partial charge in [0, 0.05) is 0 Å². The van der Waals surface area contributed by atoms with E-state index in [0.29, 0.717) is 17.8 Å². The van der Waals surface area contributed by atoms with E-state index >= 15 is 0 Å². The molecule has 4 unspecified atom stereocenters. The second-order valence-corrected chi connectivity index (χ2v) is 79.5. The van der Waals surface area contributed by atoms with Crippen LogP contribution in [0.1, 0.15) is 200 Å². The average molecular weight is 1310 g/mol. The molecule has 0 radical (unpaired) electrons. The predicted molar refractivity (Wildman–Crippen MR) is 308 cm³/mol. The van der Waals surface area contributed by atoms with Crippen molar-refractivity contribution in [1.82, 2.24) is 0 Å². The molecule has 64 heavy (non-hydrogen) atoms. The molecular formula is C59H110OSn4. The first kappa shape index (κ1) is 64.7. The molecular weight excluding hydrogens is 1200 g/mol. The molecule has 0 heterocycles. The van der Waals surface area contributed by atoms with Crippen molar-refractivity contribution in [3.05, 3.63) is 95.1 Å². The third kappa shape index (κ3) is 27.7. The zero-order valence-corrected chi connectivity index (χ0v) is 58.1. The number of benzene rings is 3. The van der Waals surface area contributed by atoms with Crippen molar-refractivity contribution in [2.24, 2.45) is 0 Å². The molecule has 368 valence electrons. The molecule has 0 aliphatic heterocycles. The summed E-state index contributed by atoms with van der Waals surface area (Å²) in [5, 5.41) is 0. The number of rotatable bonds is 25. The standard InChI is InChI=1S/C11H15.C10H14O.C10H13.5C4H9.8CH3.4Sn/c1-4-10(3)11-7-5-9(2)6-8-11;1-3-8(2)9-4-6-10(11)7-5-9;1-3-9(2)10-7-5-4-6-8-10;5*1-3-4-2;;;;;;;;;;;;/h5-8,10H,2,4H2,1,3H3;4-8,11H,3H2,1-2H3;5-9H,3H2,1-2H3;3H,4H2,1-2H3;4*1,3-4H2,2H3;8*1H3;;;;/q;;;;;;;;;;;;;;;;;;;+1/p-1. The van der Waals surface area contributed by atoms with Crippen LogP contribution in [0.5, 0.6) is 5.75 Å². The minimum atomic E-state index is -2.14. The molecule has 0 spiro atoms. The van der Waals surface area contributed by atoms with E-state index in [1.54, 1.807) is 18.0 Å². The van der Waals surface area contributed by atoms with Crippen LogP contribution in [0, 0.1) is 0 Å². The Labute approximate surface area is 420 Å². The van der Waals surface area contributed by atoms with Crippen molar-refractivity contribution in [3.63, 3.8) is 0 Å². The molecule has 3 aromatic carbocycles. The molecule has 3 rings (SSSR count). The third-order valence-electron chi connectivity index (χ3n) is 14.3. The van der Waals surface area contributed by atoms with E-state index in [9.17, 15) is 0 Å². The molecule has 0 aliphatic rings. The van der Waals surface area contributed by atoms with Crippen LogP contribution < -0.4 is 6.65 Å². The normalized spacial score (nSPS) is 13.8. The molecule has 0 N–H and O–H groups in total. The monoisotopic (exact) mass is 1310 g/mol. The van der Waals surface area contributed by atoms with E-state index < -0.39 is 73.9 Å². The Morgan fingerprint density at radius 1 is 0.422 bits per heavy atom. The van der Waals surface area contributed by atoms with Crippen LogP contribution in [0.2, 0.25) is 61.2 Å². The summed E-state index contributed by atoms with van der Waals surface area (Å²) < 4.78 is 16.6. The van der Waals surface area contributed by atoms with Crippen LogP contribution in [-0.2, 0) is 4.44 Å². The molecule has 0 saturated heterocycles. The fourth-order valence-corrected chi connectivity index (χ4v) is 39.7. The Bertz CT molecular complexity index is 1470. The Morgan fingerprint density at radius 2 is 0.766 bits per heavy atom. The summed E-state index contributed by atoms with van der Waals surface area (Å²) in [5.74, 6) is 3.11. The molecule has 0 aromatic heterocycles. The second kappa shape index (κ2) is 34.9. The Balaban J connectivity index is 0.000000836. The van der Waals surface area contributed by atoms with Gasteiger partial charge in [-0.25, -0.2) is 0 Å². The van der Waals surface area contributed by atoms with Crippen molar-refractivity contribution in [3.8, 4) is 5.75 Å². The van der Waals surface area contributed by atoms with Gasteiger partial charge in [0.25, 0.3) is 0 Å². The van der Waals surface area contributed by atoms with Gasteiger partial charge in [-0.3, -0.25) is 0 Å². The number of unbranched alkanes of at least 4 members (excludes halogenated alkanes) is 4. The van der Waals surface area contributed by atoms with E-state index in [1.807, 2.05) is 0 Å². The SMILES string of the molecule is CCC(C)c1ccc([CH2][Sn]([CH3])([CH3])[CH3])cc1.CCC(C)c1ccc([O][Sn]([CH3])([CH3])[CH3])cc1.CCC[CH2][Sn]([CH3])([CH2]CCC)[CH](C)CC.CCC[CH2][Sn]([CH3])([CH2]CCC)[c]1ccc(C(C)CC)cc1. The van der Waals surface area contributed by atoms with E-state index in [0.717, 1.165) is 9.68 Å². The Kier molecular flexibility index (Phi) is 35.2. The fourth-order valence-electron chi connectivity index (χ4n) is 8.53. The van der Waals surface area contributed by atoms with E-state index in [4.69, 9.17) is 3.07 Å². The van der Waals surface area contributed by atoms with E-state index in [-0.39, 0.29) is 0 Å². The van der Waals surface area contributed by atoms with Crippen LogP contribution in [-0.4, -0.2) is 73.9 Å². The van der Waals surface area contributed by atoms with Gasteiger partial charge in [0.2, 0.25) is 0 Å². The van der Waals surface area contributed by atoms with E-state index in [2.05, 4.69) is 195 Å². The summed E-state index contributed by atoms with van der Waals surface area (Å²) in [5.41, 5.74) is 5.97. The maximum atomic E-state index is 5.98. The molecule has 1 nitrogen and oxygen atoms in total. The second-order valence-electron chi connectivity index (χ2n) is 22.8. The van der Waals surface area contributed by atoms with Gasteiger partial charge in [-0.1, -0.05) is 0 Å². The van der Waals surface area contributed by atoms with Crippen LogP contribution in [0.25, 0.3) is 0 Å². The van der Waals surface area contributed by atoms with Gasteiger partial charge >= 0.3 is 425 Å². The predicted octanol–water partition coefficient (Wildman–Crippen LogP) is 20.6. The summed E-state index contributed by atoms with van der Waals surface area (Å²) >= 11 is -7.50. The Hall–Kier alpha value is 0.655. The van der Waals surface area contributed by atoms with Gasteiger partial charge in [0.1, 0.15) is 0 Å². The molecule has 3 aromatic rings. The molecule has 0 fully saturated rings. The minimum absolute atomic E-state index is 0.650. The topological polar surface area (TPSA) is 9.23 Å². The quantitative estimate of drug-likeness (QED) is 0.0769. The zero-order chi connectivity index (χ0) is 49.0. The average Bonchev–Trinajstić information content (AvgIpc) is 3.27. The van der Waals surface area contributed by atoms with Crippen molar-refractivity contribution < 1.29 is 3.07 Å². The van der Waals surface area contributed by atoms with Gasteiger partial charge < -0.3 is 0 Å². The van der Waals surface area contributed by atoms with E-state index in [1.165, 1.54) is 107 Å². The van der Waals surface area contributed by atoms with Gasteiger partial charge in [0.05, 0.1) is 0 Å². The van der Waals surface area contributed by atoms with Gasteiger partial charge in [0.15, 0.2) is 0 Å². The molecule has 5 heteroatoms. The van der Waals surface area contributed by atoms with Crippen molar-refractivity contribution in [2.45, 2.75) is 244 Å². The maximum absolute atomic E-state index is 5.98. The molecule has 0 amide bonds. The van der Waals surface area contributed by atoms with Crippen molar-refractivity contribution in [1.29, 1.82) is 0 Å². The number of hydrogen-bond acceptors (Lipinski definition) is 1. The first-order valence-corrected chi connectivity index (χ1v) is 64.2. The summed E-state index contributed by atoms with van der Waals surface area (Å²) in [7, 11) is 0. The molecule has 0 aliphatic carbocycles. The molecule has 4 atom stereocenters. The van der Waals surface area contributed by atoms with Crippen LogP contribution in [0.3, 0.4) is 0 Å². The van der Waals surface area contributed by atoms with Crippen LogP contribution in [0.15, 0.2) is 72.8 Å². The number of hydrogen-bond donors (Lipinski definition) is 0. The third-order valence-corrected chi connectivity index (χ3v) is 50.7. The van der Waals surface area contributed by atoms with Crippen LogP contribution >= 0.6 is 0 Å². The Morgan fingerprint density at radius 3 is 1.08 bits per heavy atom. The van der Waals surface area contributed by atoms with Crippen LogP contribution in [0.4, 0.5) is 0 Å². The van der Waals surface area contributed by atoms with Crippen molar-refractivity contribution in [2.75, 3.05) is 0 Å². The van der Waals surface area contributed by atoms with Gasteiger partial charge in [-0.2, -0.15) is 0 Å². The zero-order valence-electron chi connectivity index (χ0n) is 46.7. The molecule has 0 saturated carbocycles. The molecule has 0 bridgehead atoms. The first-order valence-electron chi connectivity index (χ1n) is 27.0. The van der Waals surface area contributed by atoms with Crippen molar-refractivity contribution >= 4 is 77.5 Å². The summed E-state index contributed by atoms with van der Waals surface area (Å²) in [6.07, 6.45) is 16.5.